The Kier molecular flexibility index (Phi) is 16.6. The highest BCUT2D eigenvalue weighted by Gasteiger charge is 2.30. The number of para-hydroxylation sites is 2. The van der Waals surface area contributed by atoms with E-state index in [4.69, 9.17) is 0 Å². The maximum absolute atomic E-state index is 14.3. The van der Waals surface area contributed by atoms with Crippen LogP contribution < -0.4 is 19.6 Å². The van der Waals surface area contributed by atoms with Gasteiger partial charge in [-0.25, -0.2) is 16.8 Å². The minimum absolute atomic E-state index is 0.0332. The number of piperazine rings is 4. The quantitative estimate of drug-likeness (QED) is 0.112. The predicted molar refractivity (Wildman–Crippen MR) is 319 cm³/mol. The van der Waals surface area contributed by atoms with Crippen molar-refractivity contribution in [1.29, 1.82) is 10.5 Å². The third-order valence-corrected chi connectivity index (χ3v) is 18.9. The van der Waals surface area contributed by atoms with Gasteiger partial charge in [-0.15, -0.1) is 0 Å². The standard InChI is InChI=1S/C63H70N10O6S2/c1-45-14-15-48(37-54(45)62(74)72-32-28-69(29-33-72)57-12-8-9-13-60(57)80(4,76)77)43-66-20-26-70(27-21-66)58-39-49(16-17-52(58)42-65)50-18-19-61(81(5,78)79)59(40-50)71-30-34-73(35-31-71)63(75)55-38-53(46(2)36-47(55)3)44-67-22-24-68(25-23-67)56-11-7-6-10-51(56)41-64/h6-19,36-40H,20-35,43-44H2,1-5H3. The fourth-order valence-electron chi connectivity index (χ4n) is 11.9. The molecule has 0 aromatic heterocycles. The van der Waals surface area contributed by atoms with E-state index in [2.05, 4.69) is 61.8 Å². The molecule has 0 N–H and O–H groups in total. The molecule has 6 aromatic rings. The van der Waals surface area contributed by atoms with Crippen molar-refractivity contribution < 1.29 is 26.4 Å². The summed E-state index contributed by atoms with van der Waals surface area (Å²) in [5, 5.41) is 20.0. The molecular formula is C63H70N10O6S2. The third kappa shape index (κ3) is 12.5. The zero-order chi connectivity index (χ0) is 57.2. The molecule has 4 aliphatic heterocycles. The maximum atomic E-state index is 14.3. The fourth-order valence-corrected chi connectivity index (χ4v) is 13.7. The Bertz CT molecular complexity index is 3690. The average Bonchev–Trinajstić information content (AvgIpc) is 3.55. The molecule has 0 spiro atoms. The van der Waals surface area contributed by atoms with Crippen molar-refractivity contribution in [2.45, 2.75) is 43.7 Å². The van der Waals surface area contributed by atoms with Crippen LogP contribution in [0.25, 0.3) is 11.1 Å². The van der Waals surface area contributed by atoms with Gasteiger partial charge in [0.25, 0.3) is 11.8 Å². The number of hydrogen-bond acceptors (Lipinski definition) is 14. The number of carbonyl (C=O) groups excluding carboxylic acids is 2. The molecule has 0 bridgehead atoms. The summed E-state index contributed by atoms with van der Waals surface area (Å²) in [5.74, 6) is -0.0689. The zero-order valence-corrected chi connectivity index (χ0v) is 48.6. The molecule has 4 aliphatic rings. The third-order valence-electron chi connectivity index (χ3n) is 16.6. The topological polar surface area (TPSA) is 176 Å². The highest BCUT2D eigenvalue weighted by Crippen LogP contribution is 2.36. The lowest BCUT2D eigenvalue weighted by Crippen LogP contribution is -2.49. The molecule has 0 aliphatic carbocycles. The summed E-state index contributed by atoms with van der Waals surface area (Å²) in [4.78, 5) is 45.9. The van der Waals surface area contributed by atoms with Gasteiger partial charge in [0.05, 0.1) is 43.7 Å². The predicted octanol–water partition coefficient (Wildman–Crippen LogP) is 7.40. The minimum Gasteiger partial charge on any atom is -0.368 e. The molecule has 0 unspecified atom stereocenters. The van der Waals surface area contributed by atoms with Crippen molar-refractivity contribution in [1.82, 2.24) is 19.6 Å². The number of anilines is 4. The second-order valence-electron chi connectivity index (χ2n) is 22.0. The van der Waals surface area contributed by atoms with Crippen molar-refractivity contribution in [2.75, 3.05) is 137 Å². The van der Waals surface area contributed by atoms with Gasteiger partial charge in [0.2, 0.25) is 0 Å². The lowest BCUT2D eigenvalue weighted by Gasteiger charge is -2.38. The number of carbonyl (C=O) groups is 2. The summed E-state index contributed by atoms with van der Waals surface area (Å²) >= 11 is 0. The van der Waals surface area contributed by atoms with Crippen LogP contribution in [0.2, 0.25) is 0 Å². The Morgan fingerprint density at radius 3 is 1.48 bits per heavy atom. The molecule has 81 heavy (non-hydrogen) atoms. The van der Waals surface area contributed by atoms with Gasteiger partial charge in [0, 0.05) is 141 Å². The number of benzene rings is 6. The summed E-state index contributed by atoms with van der Waals surface area (Å²) in [6.07, 6.45) is 2.45. The van der Waals surface area contributed by atoms with Crippen LogP contribution in [-0.2, 0) is 32.8 Å². The number of sulfone groups is 2. The molecule has 16 nitrogen and oxygen atoms in total. The first-order valence-electron chi connectivity index (χ1n) is 27.8. The van der Waals surface area contributed by atoms with Crippen LogP contribution in [0.5, 0.6) is 0 Å². The van der Waals surface area contributed by atoms with E-state index in [1.54, 1.807) is 18.2 Å². The highest BCUT2D eigenvalue weighted by atomic mass is 32.2. The Labute approximate surface area is 477 Å². The van der Waals surface area contributed by atoms with E-state index < -0.39 is 19.7 Å². The Morgan fingerprint density at radius 1 is 0.432 bits per heavy atom. The monoisotopic (exact) mass is 1130 g/mol. The minimum atomic E-state index is -3.63. The van der Waals surface area contributed by atoms with Gasteiger partial charge < -0.3 is 29.4 Å². The van der Waals surface area contributed by atoms with Crippen molar-refractivity contribution >= 4 is 54.2 Å². The summed E-state index contributed by atoms with van der Waals surface area (Å²) in [6.45, 7) is 17.2. The first kappa shape index (κ1) is 56.5. The molecule has 4 heterocycles. The first-order chi connectivity index (χ1) is 38.9. The van der Waals surface area contributed by atoms with Crippen molar-refractivity contribution in [3.05, 3.63) is 165 Å². The molecule has 18 heteroatoms. The van der Waals surface area contributed by atoms with Gasteiger partial charge in [-0.3, -0.25) is 19.4 Å². The van der Waals surface area contributed by atoms with E-state index in [1.807, 2.05) is 107 Å². The summed E-state index contributed by atoms with van der Waals surface area (Å²) in [5.41, 5.74) is 12.4. The van der Waals surface area contributed by atoms with Gasteiger partial charge in [-0.1, -0.05) is 54.6 Å². The van der Waals surface area contributed by atoms with E-state index in [1.165, 1.54) is 12.5 Å². The molecule has 4 fully saturated rings. The lowest BCUT2D eigenvalue weighted by atomic mass is 9.98. The molecule has 0 saturated carbocycles. The molecule has 420 valence electrons. The first-order valence-corrected chi connectivity index (χ1v) is 31.5. The van der Waals surface area contributed by atoms with E-state index in [9.17, 15) is 36.9 Å². The summed E-state index contributed by atoms with van der Waals surface area (Å²) in [6, 6.07) is 40.9. The van der Waals surface area contributed by atoms with Crippen molar-refractivity contribution in [3.8, 4) is 23.3 Å². The maximum Gasteiger partial charge on any atom is 0.254 e. The van der Waals surface area contributed by atoms with Crippen LogP contribution in [0.3, 0.4) is 0 Å². The molecule has 4 saturated heterocycles. The van der Waals surface area contributed by atoms with Crippen LogP contribution in [0.15, 0.2) is 125 Å². The van der Waals surface area contributed by atoms with Crippen LogP contribution in [0.4, 0.5) is 22.7 Å². The smallest absolute Gasteiger partial charge is 0.254 e. The largest absolute Gasteiger partial charge is 0.368 e. The fraction of sp³-hybridized carbons (Fsp3) is 0.365. The highest BCUT2D eigenvalue weighted by molar-refractivity contribution is 7.91. The lowest BCUT2D eigenvalue weighted by molar-refractivity contribution is 0.0738. The average molecular weight is 1130 g/mol. The van der Waals surface area contributed by atoms with Crippen LogP contribution in [0, 0.1) is 43.4 Å². The molecule has 6 aromatic carbocycles. The summed E-state index contributed by atoms with van der Waals surface area (Å²) < 4.78 is 51.7. The van der Waals surface area contributed by atoms with Gasteiger partial charge in [0.15, 0.2) is 19.7 Å². The van der Waals surface area contributed by atoms with E-state index >= 15 is 0 Å². The number of hydrogen-bond donors (Lipinski definition) is 0. The van der Waals surface area contributed by atoms with Crippen LogP contribution in [0.1, 0.15) is 59.7 Å². The number of nitriles is 2. The second-order valence-corrected chi connectivity index (χ2v) is 26.0. The van der Waals surface area contributed by atoms with Gasteiger partial charge in [0.1, 0.15) is 12.1 Å². The molecule has 0 radical (unpaired) electrons. The molecule has 2 amide bonds. The van der Waals surface area contributed by atoms with Gasteiger partial charge in [-0.2, -0.15) is 10.5 Å². The SMILES string of the molecule is Cc1cc(C)c(C(=O)N2CCN(c3cc(-c4ccc(C#N)c(N5CCN(Cc6ccc(C)c(C(=O)N7CCN(c8ccccc8S(C)(=O)=O)CC7)c6)CC5)c4)ccc3S(C)(=O)=O)CC2)cc1CN1CCN(c2ccccc2C#N)CC1. The molecular weight excluding hydrogens is 1060 g/mol. The van der Waals surface area contributed by atoms with E-state index in [0.717, 1.165) is 96.1 Å². The normalized spacial score (nSPS) is 16.8. The van der Waals surface area contributed by atoms with Crippen molar-refractivity contribution in [2.24, 2.45) is 0 Å². The number of nitrogens with zero attached hydrogens (tertiary/aromatic N) is 10. The molecule has 0 atom stereocenters. The van der Waals surface area contributed by atoms with Crippen LogP contribution in [-0.4, -0.2) is 165 Å². The van der Waals surface area contributed by atoms with E-state index in [-0.39, 0.29) is 16.7 Å². The van der Waals surface area contributed by atoms with E-state index in [0.29, 0.717) is 111 Å². The Morgan fingerprint density at radius 2 is 0.889 bits per heavy atom. The Hall–Kier alpha value is -7.74. The Balaban J connectivity index is 0.768. The summed E-state index contributed by atoms with van der Waals surface area (Å²) in [7, 11) is -7.04. The zero-order valence-electron chi connectivity index (χ0n) is 46.9. The van der Waals surface area contributed by atoms with Gasteiger partial charge in [-0.05, 0) is 120 Å². The number of rotatable bonds is 13. The second kappa shape index (κ2) is 23.8. The van der Waals surface area contributed by atoms with Crippen molar-refractivity contribution in [3.63, 3.8) is 0 Å². The number of amides is 2. The van der Waals surface area contributed by atoms with Crippen LogP contribution >= 0.6 is 0 Å². The molecule has 10 rings (SSSR count). The number of aryl methyl sites for hydroxylation is 3. The van der Waals surface area contributed by atoms with Gasteiger partial charge >= 0.3 is 0 Å².